The molecule has 9 rings (SSSR count). The smallest absolute Gasteiger partial charge is 0.270 e. The zero-order valence-electron chi connectivity index (χ0n) is 32.6. The van der Waals surface area contributed by atoms with Crippen LogP contribution in [0, 0.1) is 34.1 Å². The van der Waals surface area contributed by atoms with Crippen LogP contribution in [-0.2, 0) is 0 Å². The van der Waals surface area contributed by atoms with Crippen LogP contribution >= 0.6 is 0 Å². The highest BCUT2D eigenvalue weighted by atomic mass is 16.6. The van der Waals surface area contributed by atoms with Crippen LogP contribution in [0.25, 0.3) is 92.9 Å². The lowest BCUT2D eigenvalue weighted by Crippen LogP contribution is -1.89. The van der Waals surface area contributed by atoms with Gasteiger partial charge in [0.15, 0.2) is 0 Å². The molecule has 0 radical (unpaired) electrons. The van der Waals surface area contributed by atoms with E-state index < -0.39 is 9.85 Å². The number of nitrogens with one attached hydrogen (secondary N) is 2. The summed E-state index contributed by atoms with van der Waals surface area (Å²) in [6, 6.07) is 37.9. The van der Waals surface area contributed by atoms with E-state index in [0.29, 0.717) is 22.5 Å². The molecule has 0 saturated heterocycles. The summed E-state index contributed by atoms with van der Waals surface area (Å²) in [6.45, 7) is 4.13. The molecule has 4 aromatic carbocycles. The highest BCUT2D eigenvalue weighted by Crippen LogP contribution is 2.36. The molecule has 0 aliphatic carbocycles. The lowest BCUT2D eigenvalue weighted by Gasteiger charge is -2.06. The lowest BCUT2D eigenvalue weighted by atomic mass is 10.0. The van der Waals surface area contributed by atoms with Gasteiger partial charge in [0.25, 0.3) is 11.4 Å². The Hall–Kier alpha value is -8.24. The first kappa shape index (κ1) is 37.3. The molecular formula is C50H36N6O4. The molecule has 290 valence electrons. The van der Waals surface area contributed by atoms with Crippen molar-refractivity contribution in [2.45, 2.75) is 13.8 Å². The molecule has 0 spiro atoms. The van der Waals surface area contributed by atoms with Gasteiger partial charge in [-0.1, -0.05) is 108 Å². The SMILES string of the molecule is Cc1ccc(-c2c3nc(c(-c4ccc(C)cc4)c4ccc([nH]4)c(/C=C/c4cccc([N+](=O)[O-])c4)c4nc(c(/C=C/c5cccc([N+](=O)[O-])c5)c5ccc2[nH]5)C=C4)C=C3)cc1. The number of nitro benzene ring substituents is 2. The summed E-state index contributed by atoms with van der Waals surface area (Å²) in [6.07, 6.45) is 15.5. The van der Waals surface area contributed by atoms with Gasteiger partial charge >= 0.3 is 0 Å². The maximum Gasteiger partial charge on any atom is 0.270 e. The second-order valence-electron chi connectivity index (χ2n) is 14.7. The number of aryl methyl sites for hydroxylation is 2. The van der Waals surface area contributed by atoms with Crippen LogP contribution in [0.1, 0.15) is 56.2 Å². The molecule has 2 aliphatic rings. The molecule has 0 fully saturated rings. The molecule has 0 unspecified atom stereocenters. The summed E-state index contributed by atoms with van der Waals surface area (Å²) in [4.78, 5) is 40.4. The number of non-ortho nitro benzene ring substituents is 2. The lowest BCUT2D eigenvalue weighted by molar-refractivity contribution is -0.385. The third-order valence-corrected chi connectivity index (χ3v) is 10.6. The number of hydrogen-bond acceptors (Lipinski definition) is 6. The molecule has 8 bridgehead atoms. The first-order valence-electron chi connectivity index (χ1n) is 19.3. The molecule has 0 amide bonds. The number of nitrogens with zero attached hydrogens (tertiary/aromatic N) is 4. The average Bonchev–Trinajstić information content (AvgIpc) is 4.10. The number of fused-ring (bicyclic) bond motifs is 8. The minimum absolute atomic E-state index is 0.00203. The van der Waals surface area contributed by atoms with Crippen molar-refractivity contribution in [3.63, 3.8) is 0 Å². The minimum atomic E-state index is -0.406. The van der Waals surface area contributed by atoms with Crippen LogP contribution in [-0.4, -0.2) is 29.8 Å². The number of aromatic nitrogens is 4. The van der Waals surface area contributed by atoms with Crippen molar-refractivity contribution in [3.05, 3.63) is 198 Å². The van der Waals surface area contributed by atoms with Crippen molar-refractivity contribution in [3.8, 4) is 22.3 Å². The van der Waals surface area contributed by atoms with Crippen molar-refractivity contribution in [1.29, 1.82) is 0 Å². The normalized spacial score (nSPS) is 12.2. The van der Waals surface area contributed by atoms with Gasteiger partial charge in [-0.05, 0) is 84.7 Å². The molecule has 0 saturated carbocycles. The molecule has 3 aromatic heterocycles. The number of H-pyrrole nitrogens is 2. The monoisotopic (exact) mass is 784 g/mol. The molecule has 10 heteroatoms. The standard InChI is InChI=1S/C50H36N6O4/c1-31-9-15-35(16-10-31)49-45-25-23-43(52-45)39(19-13-33-5-3-7-37(29-33)55(57)58)41-21-22-42(51-41)40(20-14-34-6-4-8-38(30-34)56(59)60)44-24-26-46(53-44)50(48-28-27-47(49)54-48)36-17-11-32(2)12-18-36/h3-30,52-53H,1-2H3/b19-13+,20-14+,41-39?,42-40?,43-39?,44-40?,49-45?,49-47?,50-46?,50-48?. The van der Waals surface area contributed by atoms with Gasteiger partial charge in [-0.2, -0.15) is 0 Å². The topological polar surface area (TPSA) is 144 Å². The summed E-state index contributed by atoms with van der Waals surface area (Å²) < 4.78 is 0. The Morgan fingerprint density at radius 3 is 1.27 bits per heavy atom. The summed E-state index contributed by atoms with van der Waals surface area (Å²) in [5.41, 5.74) is 15.1. The molecule has 2 N–H and O–H groups in total. The molecule has 5 heterocycles. The third-order valence-electron chi connectivity index (χ3n) is 10.6. The van der Waals surface area contributed by atoms with E-state index in [1.807, 2.05) is 72.9 Å². The van der Waals surface area contributed by atoms with Crippen molar-refractivity contribution in [2.75, 3.05) is 0 Å². The van der Waals surface area contributed by atoms with Gasteiger partial charge in [0.05, 0.1) is 32.6 Å². The van der Waals surface area contributed by atoms with E-state index in [1.165, 1.54) is 24.3 Å². The molecule has 7 aromatic rings. The quantitative estimate of drug-likeness (QED) is 0.116. The zero-order chi connectivity index (χ0) is 41.3. The summed E-state index contributed by atoms with van der Waals surface area (Å²) >= 11 is 0. The van der Waals surface area contributed by atoms with Gasteiger partial charge < -0.3 is 9.97 Å². The Kier molecular flexibility index (Phi) is 9.71. The van der Waals surface area contributed by atoms with Gasteiger partial charge in [0, 0.05) is 68.6 Å². The molecule has 0 atom stereocenters. The van der Waals surface area contributed by atoms with Gasteiger partial charge in [0.1, 0.15) is 0 Å². The van der Waals surface area contributed by atoms with E-state index >= 15 is 0 Å². The Balaban J connectivity index is 1.38. The van der Waals surface area contributed by atoms with E-state index in [0.717, 1.165) is 78.0 Å². The van der Waals surface area contributed by atoms with Gasteiger partial charge in [-0.25, -0.2) is 9.97 Å². The number of benzene rings is 4. The Morgan fingerprint density at radius 2 is 0.850 bits per heavy atom. The second kappa shape index (κ2) is 15.6. The summed E-state index contributed by atoms with van der Waals surface area (Å²) in [7, 11) is 0. The Labute approximate surface area is 344 Å². The third kappa shape index (κ3) is 7.48. The number of hydrogen-bond donors (Lipinski definition) is 2. The Morgan fingerprint density at radius 1 is 0.467 bits per heavy atom. The number of rotatable bonds is 8. The predicted octanol–water partition coefficient (Wildman–Crippen LogP) is 12.8. The maximum atomic E-state index is 11.6. The fraction of sp³-hybridized carbons (Fsp3) is 0.0400. The van der Waals surface area contributed by atoms with E-state index in [1.54, 1.807) is 12.1 Å². The predicted molar refractivity (Wildman–Crippen MR) is 243 cm³/mol. The first-order chi connectivity index (χ1) is 29.2. The molecular weight excluding hydrogens is 749 g/mol. The van der Waals surface area contributed by atoms with Crippen LogP contribution in [0.2, 0.25) is 0 Å². The summed E-state index contributed by atoms with van der Waals surface area (Å²) in [5, 5.41) is 23.3. The molecule has 60 heavy (non-hydrogen) atoms. The molecule has 10 nitrogen and oxygen atoms in total. The van der Waals surface area contributed by atoms with Crippen LogP contribution in [0.15, 0.2) is 121 Å². The first-order valence-corrected chi connectivity index (χ1v) is 19.3. The Bertz CT molecular complexity index is 2960. The number of aromatic amines is 2. The molecule has 2 aliphatic heterocycles. The zero-order valence-corrected chi connectivity index (χ0v) is 32.6. The van der Waals surface area contributed by atoms with Crippen molar-refractivity contribution >= 4 is 82.0 Å². The van der Waals surface area contributed by atoms with Crippen molar-refractivity contribution in [1.82, 2.24) is 19.9 Å². The largest absolute Gasteiger partial charge is 0.354 e. The minimum Gasteiger partial charge on any atom is -0.354 e. The van der Waals surface area contributed by atoms with E-state index in [4.69, 9.17) is 9.97 Å². The van der Waals surface area contributed by atoms with E-state index in [-0.39, 0.29) is 11.4 Å². The van der Waals surface area contributed by atoms with E-state index in [9.17, 15) is 20.2 Å². The van der Waals surface area contributed by atoms with Crippen LogP contribution in [0.4, 0.5) is 11.4 Å². The second-order valence-corrected chi connectivity index (χ2v) is 14.7. The fourth-order valence-corrected chi connectivity index (χ4v) is 7.49. The average molecular weight is 785 g/mol. The van der Waals surface area contributed by atoms with Crippen molar-refractivity contribution < 1.29 is 9.85 Å². The van der Waals surface area contributed by atoms with Crippen LogP contribution in [0.5, 0.6) is 0 Å². The van der Waals surface area contributed by atoms with Crippen LogP contribution in [0.3, 0.4) is 0 Å². The van der Waals surface area contributed by atoms with Crippen LogP contribution < -0.4 is 0 Å². The fourth-order valence-electron chi connectivity index (χ4n) is 7.49. The van der Waals surface area contributed by atoms with E-state index in [2.05, 4.69) is 84.5 Å². The number of nitro groups is 2. The highest BCUT2D eigenvalue weighted by molar-refractivity contribution is 5.98. The van der Waals surface area contributed by atoms with Gasteiger partial charge in [0.2, 0.25) is 0 Å². The maximum absolute atomic E-state index is 11.6. The summed E-state index contributed by atoms with van der Waals surface area (Å²) in [5.74, 6) is 0. The van der Waals surface area contributed by atoms with Crippen molar-refractivity contribution in [2.24, 2.45) is 0 Å². The highest BCUT2D eigenvalue weighted by Gasteiger charge is 2.17. The van der Waals surface area contributed by atoms with Gasteiger partial charge in [-0.3, -0.25) is 20.2 Å². The van der Waals surface area contributed by atoms with Gasteiger partial charge in [-0.15, -0.1) is 0 Å².